The van der Waals surface area contributed by atoms with Gasteiger partial charge in [0.05, 0.1) is 0 Å². The molecule has 4 nitrogen and oxygen atoms in total. The average molecular weight is 306 g/mol. The first-order chi connectivity index (χ1) is 11.0. The Bertz CT molecular complexity index is 924. The van der Waals surface area contributed by atoms with Gasteiger partial charge in [-0.1, -0.05) is 36.4 Å². The van der Waals surface area contributed by atoms with E-state index in [-0.39, 0.29) is 17.1 Å². The molecular formula is C19H14O4. The fourth-order valence-corrected chi connectivity index (χ4v) is 2.53. The van der Waals surface area contributed by atoms with E-state index in [1.54, 1.807) is 12.1 Å². The highest BCUT2D eigenvalue weighted by atomic mass is 16.4. The van der Waals surface area contributed by atoms with Crippen molar-refractivity contribution in [2.24, 2.45) is 0 Å². The van der Waals surface area contributed by atoms with E-state index in [0.29, 0.717) is 5.56 Å². The van der Waals surface area contributed by atoms with Crippen LogP contribution in [0.25, 0.3) is 21.9 Å². The number of fused-ring (bicyclic) bond motifs is 1. The molecular weight excluding hydrogens is 292 g/mol. The predicted octanol–water partition coefficient (Wildman–Crippen LogP) is 4.11. The fraction of sp³-hybridized carbons (Fsp3) is 0.0526. The lowest BCUT2D eigenvalue weighted by Gasteiger charge is -2.07. The number of hydrogen-bond donors (Lipinski definition) is 2. The van der Waals surface area contributed by atoms with Crippen molar-refractivity contribution < 1.29 is 19.8 Å². The molecule has 23 heavy (non-hydrogen) atoms. The van der Waals surface area contributed by atoms with Gasteiger partial charge in [-0.05, 0) is 47.0 Å². The molecule has 0 spiro atoms. The highest BCUT2D eigenvalue weighted by molar-refractivity contribution is 5.99. The van der Waals surface area contributed by atoms with E-state index in [1.165, 1.54) is 19.1 Å². The predicted molar refractivity (Wildman–Crippen MR) is 88.0 cm³/mol. The molecule has 0 saturated heterocycles. The van der Waals surface area contributed by atoms with Crippen LogP contribution in [0.3, 0.4) is 0 Å². The molecule has 0 aromatic heterocycles. The van der Waals surface area contributed by atoms with Crippen LogP contribution in [0.1, 0.15) is 27.6 Å². The molecule has 0 saturated carbocycles. The van der Waals surface area contributed by atoms with Crippen molar-refractivity contribution in [3.05, 3.63) is 65.7 Å². The van der Waals surface area contributed by atoms with Crippen molar-refractivity contribution >= 4 is 22.5 Å². The highest BCUT2D eigenvalue weighted by Gasteiger charge is 2.11. The van der Waals surface area contributed by atoms with E-state index in [9.17, 15) is 14.7 Å². The number of aromatic hydroxyl groups is 1. The molecule has 4 heteroatoms. The number of carbonyl (C=O) groups excluding carboxylic acids is 1. The first-order valence-corrected chi connectivity index (χ1v) is 7.07. The van der Waals surface area contributed by atoms with Crippen molar-refractivity contribution in [3.8, 4) is 16.9 Å². The summed E-state index contributed by atoms with van der Waals surface area (Å²) in [5, 5.41) is 20.3. The second-order valence-electron chi connectivity index (χ2n) is 5.37. The van der Waals surface area contributed by atoms with Gasteiger partial charge in [0.2, 0.25) is 0 Å². The van der Waals surface area contributed by atoms with Crippen molar-refractivity contribution in [1.29, 1.82) is 0 Å². The smallest absolute Gasteiger partial charge is 0.339 e. The maximum Gasteiger partial charge on any atom is 0.339 e. The van der Waals surface area contributed by atoms with Crippen LogP contribution < -0.4 is 0 Å². The first-order valence-electron chi connectivity index (χ1n) is 7.07. The van der Waals surface area contributed by atoms with Crippen LogP contribution >= 0.6 is 0 Å². The average Bonchev–Trinajstić information content (AvgIpc) is 2.53. The maximum atomic E-state index is 11.3. The zero-order valence-electron chi connectivity index (χ0n) is 12.4. The molecule has 0 aliphatic heterocycles. The molecule has 0 aliphatic rings. The second kappa shape index (κ2) is 5.57. The van der Waals surface area contributed by atoms with Crippen LogP contribution in [0, 0.1) is 0 Å². The van der Waals surface area contributed by atoms with Gasteiger partial charge in [0.1, 0.15) is 11.3 Å². The molecule has 3 rings (SSSR count). The molecule has 0 radical (unpaired) electrons. The van der Waals surface area contributed by atoms with Crippen LogP contribution in [-0.2, 0) is 0 Å². The van der Waals surface area contributed by atoms with Gasteiger partial charge in [0.15, 0.2) is 5.78 Å². The standard InChI is InChI=1S/C19H14O4/c1-11(20)12-2-4-13(5-3-12)14-6-7-15-10-18(21)17(19(22)23)9-16(15)8-14/h2-10,21H,1H3,(H,22,23). The van der Waals surface area contributed by atoms with E-state index in [0.717, 1.165) is 21.9 Å². The van der Waals surface area contributed by atoms with Crippen LogP contribution in [0.5, 0.6) is 5.75 Å². The number of benzene rings is 3. The van der Waals surface area contributed by atoms with Gasteiger partial charge in [-0.15, -0.1) is 0 Å². The highest BCUT2D eigenvalue weighted by Crippen LogP contribution is 2.29. The summed E-state index contributed by atoms with van der Waals surface area (Å²) in [4.78, 5) is 22.5. The van der Waals surface area contributed by atoms with Crippen molar-refractivity contribution in [3.63, 3.8) is 0 Å². The Balaban J connectivity index is 2.10. The SMILES string of the molecule is CC(=O)c1ccc(-c2ccc3cc(O)c(C(=O)O)cc3c2)cc1. The largest absolute Gasteiger partial charge is 0.507 e. The summed E-state index contributed by atoms with van der Waals surface area (Å²) in [6.45, 7) is 1.52. The van der Waals surface area contributed by atoms with E-state index in [4.69, 9.17) is 5.11 Å². The van der Waals surface area contributed by atoms with Gasteiger partial charge < -0.3 is 10.2 Å². The maximum absolute atomic E-state index is 11.3. The van der Waals surface area contributed by atoms with Gasteiger partial charge in [0.25, 0.3) is 0 Å². The molecule has 0 fully saturated rings. The van der Waals surface area contributed by atoms with E-state index in [1.807, 2.05) is 30.3 Å². The van der Waals surface area contributed by atoms with Crippen molar-refractivity contribution in [1.82, 2.24) is 0 Å². The van der Waals surface area contributed by atoms with E-state index < -0.39 is 5.97 Å². The van der Waals surface area contributed by atoms with Gasteiger partial charge in [-0.25, -0.2) is 4.79 Å². The van der Waals surface area contributed by atoms with E-state index in [2.05, 4.69) is 0 Å². The summed E-state index contributed by atoms with van der Waals surface area (Å²) in [6.07, 6.45) is 0. The molecule has 114 valence electrons. The zero-order valence-corrected chi connectivity index (χ0v) is 12.4. The summed E-state index contributed by atoms with van der Waals surface area (Å²) in [5.74, 6) is -1.40. The quantitative estimate of drug-likeness (QED) is 0.714. The lowest BCUT2D eigenvalue weighted by Crippen LogP contribution is -1.96. The number of carboxylic acid groups (broad SMARTS) is 1. The Morgan fingerprint density at radius 3 is 2.09 bits per heavy atom. The summed E-state index contributed by atoms with van der Waals surface area (Å²) < 4.78 is 0. The summed E-state index contributed by atoms with van der Waals surface area (Å²) in [6, 6.07) is 15.7. The number of phenols is 1. The van der Waals surface area contributed by atoms with Crippen LogP contribution in [0.2, 0.25) is 0 Å². The Kier molecular flexibility index (Phi) is 3.58. The number of carboxylic acids is 1. The van der Waals surface area contributed by atoms with Gasteiger partial charge in [-0.2, -0.15) is 0 Å². The monoisotopic (exact) mass is 306 g/mol. The number of Topliss-reactive ketones (excluding diaryl/α,β-unsaturated/α-hetero) is 1. The Morgan fingerprint density at radius 1 is 0.826 bits per heavy atom. The van der Waals surface area contributed by atoms with Crippen LogP contribution in [-0.4, -0.2) is 22.0 Å². The molecule has 2 N–H and O–H groups in total. The van der Waals surface area contributed by atoms with Crippen LogP contribution in [0.4, 0.5) is 0 Å². The number of aromatic carboxylic acids is 1. The molecule has 0 heterocycles. The minimum absolute atomic E-state index is 0.0108. The van der Waals surface area contributed by atoms with E-state index >= 15 is 0 Å². The molecule has 3 aromatic rings. The number of carbonyl (C=O) groups is 2. The number of ketones is 1. The molecule has 0 bridgehead atoms. The topological polar surface area (TPSA) is 74.6 Å². The minimum atomic E-state index is -1.17. The second-order valence-corrected chi connectivity index (χ2v) is 5.37. The van der Waals surface area contributed by atoms with Crippen molar-refractivity contribution in [2.75, 3.05) is 0 Å². The molecule has 0 unspecified atom stereocenters. The molecule has 0 aliphatic carbocycles. The molecule has 0 amide bonds. The van der Waals surface area contributed by atoms with Gasteiger partial charge in [0, 0.05) is 5.56 Å². The summed E-state index contributed by atoms with van der Waals surface area (Å²) in [7, 11) is 0. The number of hydrogen-bond acceptors (Lipinski definition) is 3. The summed E-state index contributed by atoms with van der Waals surface area (Å²) in [5.41, 5.74) is 2.37. The lowest BCUT2D eigenvalue weighted by molar-refractivity contribution is 0.0693. The first kappa shape index (κ1) is 14.8. The van der Waals surface area contributed by atoms with Crippen molar-refractivity contribution in [2.45, 2.75) is 6.92 Å². The molecule has 0 atom stereocenters. The number of rotatable bonds is 3. The third-order valence-corrected chi connectivity index (χ3v) is 3.81. The minimum Gasteiger partial charge on any atom is -0.507 e. The fourth-order valence-electron chi connectivity index (χ4n) is 2.53. The Morgan fingerprint density at radius 2 is 1.48 bits per heavy atom. The zero-order chi connectivity index (χ0) is 16.6. The van der Waals surface area contributed by atoms with Gasteiger partial charge >= 0.3 is 5.97 Å². The third kappa shape index (κ3) is 2.79. The Labute approximate surface area is 132 Å². The Hall–Kier alpha value is -3.14. The van der Waals surface area contributed by atoms with Gasteiger partial charge in [-0.3, -0.25) is 4.79 Å². The molecule has 3 aromatic carbocycles. The normalized spacial score (nSPS) is 10.7. The summed E-state index contributed by atoms with van der Waals surface area (Å²) >= 11 is 0. The lowest BCUT2D eigenvalue weighted by atomic mass is 9.98. The van der Waals surface area contributed by atoms with Crippen LogP contribution in [0.15, 0.2) is 54.6 Å². The third-order valence-electron chi connectivity index (χ3n) is 3.81.